The first-order chi connectivity index (χ1) is 11.6. The van der Waals surface area contributed by atoms with Crippen LogP contribution < -0.4 is 5.09 Å². The second-order valence-electron chi connectivity index (χ2n) is 5.81. The fourth-order valence-electron chi connectivity index (χ4n) is 2.99. The molecule has 2 unspecified atom stereocenters. The van der Waals surface area contributed by atoms with E-state index in [4.69, 9.17) is 9.79 Å². The monoisotopic (exact) mass is 369 g/mol. The highest BCUT2D eigenvalue weighted by Crippen LogP contribution is 2.42. The number of aromatic hydroxyl groups is 1. The summed E-state index contributed by atoms with van der Waals surface area (Å²) in [4.78, 5) is 30.5. The molecule has 0 aliphatic heterocycles. The third-order valence-corrected chi connectivity index (χ3v) is 4.60. The molecule has 9 heteroatoms. The fraction of sp³-hybridized carbons (Fsp3) is 0.312. The third-order valence-electron chi connectivity index (χ3n) is 4.05. The number of carbonyl (C=O) groups excluding carboxylic acids is 1. The summed E-state index contributed by atoms with van der Waals surface area (Å²) in [5.74, 6) is -5.83. The minimum absolute atomic E-state index is 0.000472. The maximum Gasteiger partial charge on any atom is 0.427 e. The smallest absolute Gasteiger partial charge is 0.427 e. The number of benzene rings is 1. The predicted octanol–water partition coefficient (Wildman–Crippen LogP) is 0.888. The van der Waals surface area contributed by atoms with Crippen LogP contribution in [0.15, 0.2) is 48.2 Å². The molecule has 0 radical (unpaired) electrons. The average molecular weight is 369 g/mol. The topological polar surface area (TPSA) is 147 Å². The predicted molar refractivity (Wildman–Crippen MR) is 89.2 cm³/mol. The van der Waals surface area contributed by atoms with Crippen molar-refractivity contribution in [1.29, 1.82) is 0 Å². The molecule has 8 nitrogen and oxygen atoms in total. The lowest BCUT2D eigenvalue weighted by Gasteiger charge is -2.38. The summed E-state index contributed by atoms with van der Waals surface area (Å²) in [5, 5.41) is 32.8. The van der Waals surface area contributed by atoms with Gasteiger partial charge in [-0.15, -0.1) is 0 Å². The van der Waals surface area contributed by atoms with Gasteiger partial charge in [0.15, 0.2) is 11.6 Å². The van der Waals surface area contributed by atoms with Gasteiger partial charge in [-0.25, -0.2) is 4.57 Å². The Bertz CT molecular complexity index is 748. The number of rotatable bonds is 6. The number of phenols is 1. The molecule has 1 aromatic carbocycles. The lowest BCUT2D eigenvalue weighted by atomic mass is 9.76. The van der Waals surface area contributed by atoms with Crippen molar-refractivity contribution >= 4 is 13.5 Å². The van der Waals surface area contributed by atoms with Crippen LogP contribution in [-0.2, 0) is 9.36 Å². The number of allylic oxidation sites excluding steroid dienone is 3. The van der Waals surface area contributed by atoms with E-state index in [1.54, 1.807) is 6.92 Å². The average Bonchev–Trinajstić information content (AvgIpc) is 2.47. The van der Waals surface area contributed by atoms with E-state index in [9.17, 15) is 24.7 Å². The molecule has 25 heavy (non-hydrogen) atoms. The lowest BCUT2D eigenvalue weighted by Crippen LogP contribution is -2.50. The molecule has 136 valence electrons. The van der Waals surface area contributed by atoms with Gasteiger partial charge in [0.1, 0.15) is 11.7 Å². The summed E-state index contributed by atoms with van der Waals surface area (Å²) in [6, 6.07) is 5.74. The number of nitrogens with one attached hydrogen (secondary N) is 1. The number of hydrogen-bond donors (Lipinski definition) is 6. The molecule has 1 aliphatic carbocycles. The van der Waals surface area contributed by atoms with Crippen LogP contribution in [0.1, 0.15) is 24.8 Å². The Kier molecular flexibility index (Phi) is 5.51. The van der Waals surface area contributed by atoms with Crippen molar-refractivity contribution in [2.75, 3.05) is 0 Å². The van der Waals surface area contributed by atoms with Gasteiger partial charge in [0.05, 0.1) is 0 Å². The molecule has 0 saturated heterocycles. The molecule has 1 aliphatic rings. The van der Waals surface area contributed by atoms with Gasteiger partial charge in [-0.1, -0.05) is 25.1 Å². The Morgan fingerprint density at radius 2 is 1.84 bits per heavy atom. The van der Waals surface area contributed by atoms with E-state index in [2.05, 4.69) is 0 Å². The number of ketones is 1. The molecule has 0 amide bonds. The molecule has 6 N–H and O–H groups in total. The van der Waals surface area contributed by atoms with E-state index >= 15 is 0 Å². The number of aliphatic hydroxyl groups is 2. The maximum atomic E-state index is 12.3. The van der Waals surface area contributed by atoms with Crippen molar-refractivity contribution in [3.8, 4) is 5.75 Å². The number of carbonyl (C=O) groups is 1. The van der Waals surface area contributed by atoms with Crippen LogP contribution in [0.4, 0.5) is 0 Å². The second kappa shape index (κ2) is 7.11. The van der Waals surface area contributed by atoms with Crippen LogP contribution >= 0.6 is 7.75 Å². The lowest BCUT2D eigenvalue weighted by molar-refractivity contribution is -0.207. The fourth-order valence-corrected chi connectivity index (χ4v) is 3.53. The SMILES string of the molecule is CCC(c1ccc(O)cc1)C(O)(O)C1C(=O)C=CC=C1NP(=O)(O)O. The van der Waals surface area contributed by atoms with E-state index in [0.717, 1.165) is 6.08 Å². The van der Waals surface area contributed by atoms with Crippen molar-refractivity contribution in [2.45, 2.75) is 25.0 Å². The molecule has 2 rings (SSSR count). The van der Waals surface area contributed by atoms with Crippen LogP contribution in [0.3, 0.4) is 0 Å². The van der Waals surface area contributed by atoms with Gasteiger partial charge in [-0.3, -0.25) is 9.88 Å². The Labute approximate surface area is 144 Å². The maximum absolute atomic E-state index is 12.3. The number of phenolic OH excluding ortho intramolecular Hbond substituents is 1. The van der Waals surface area contributed by atoms with Gasteiger partial charge in [0.2, 0.25) is 0 Å². The highest BCUT2D eigenvalue weighted by atomic mass is 31.2. The van der Waals surface area contributed by atoms with Crippen molar-refractivity contribution in [1.82, 2.24) is 5.09 Å². The van der Waals surface area contributed by atoms with Gasteiger partial charge in [-0.2, -0.15) is 0 Å². The second-order valence-corrected chi connectivity index (χ2v) is 7.12. The van der Waals surface area contributed by atoms with Crippen LogP contribution in [0.2, 0.25) is 0 Å². The van der Waals surface area contributed by atoms with Crippen LogP contribution in [0.5, 0.6) is 5.75 Å². The zero-order valence-corrected chi connectivity index (χ0v) is 14.3. The van der Waals surface area contributed by atoms with E-state index in [1.165, 1.54) is 36.4 Å². The Hall–Kier alpha value is -1.96. The minimum Gasteiger partial charge on any atom is -0.508 e. The van der Waals surface area contributed by atoms with Gasteiger partial charge in [0, 0.05) is 11.6 Å². The summed E-state index contributed by atoms with van der Waals surface area (Å²) in [6.07, 6.45) is 3.83. The van der Waals surface area contributed by atoms with Crippen LogP contribution in [0, 0.1) is 5.92 Å². The van der Waals surface area contributed by atoms with Crippen molar-refractivity contribution < 1.29 is 34.5 Å². The molecule has 0 fully saturated rings. The van der Waals surface area contributed by atoms with Gasteiger partial charge in [-0.05, 0) is 36.3 Å². The molecule has 0 saturated carbocycles. The van der Waals surface area contributed by atoms with Crippen molar-refractivity contribution in [2.24, 2.45) is 5.92 Å². The summed E-state index contributed by atoms with van der Waals surface area (Å²) < 4.78 is 11.2. The Morgan fingerprint density at radius 3 is 2.36 bits per heavy atom. The quantitative estimate of drug-likeness (QED) is 0.320. The first kappa shape index (κ1) is 19.4. The summed E-state index contributed by atoms with van der Waals surface area (Å²) in [7, 11) is -4.74. The van der Waals surface area contributed by atoms with Crippen molar-refractivity contribution in [3.05, 3.63) is 53.8 Å². The summed E-state index contributed by atoms with van der Waals surface area (Å²) >= 11 is 0. The molecule has 0 aromatic heterocycles. The minimum atomic E-state index is -4.74. The molecule has 0 bridgehead atoms. The van der Waals surface area contributed by atoms with E-state index < -0.39 is 31.2 Å². The molecule has 1 aromatic rings. The molecule has 0 spiro atoms. The third kappa shape index (κ3) is 4.36. The first-order valence-corrected chi connectivity index (χ1v) is 9.17. The summed E-state index contributed by atoms with van der Waals surface area (Å²) in [6.45, 7) is 1.68. The summed E-state index contributed by atoms with van der Waals surface area (Å²) in [5.41, 5.74) is 0.186. The highest BCUT2D eigenvalue weighted by molar-refractivity contribution is 7.49. The molecule has 2 atom stereocenters. The standard InChI is InChI=1S/C16H20NO7P/c1-2-12(10-6-8-11(18)9-7-10)16(20,21)15-13(17-25(22,23)24)4-3-5-14(15)19/h3-9,12,15,18,20-21H,2H2,1H3,(H3,17,22,23,24). The van der Waals surface area contributed by atoms with E-state index in [1.807, 2.05) is 5.09 Å². The van der Waals surface area contributed by atoms with Crippen LogP contribution in [-0.4, -0.2) is 36.7 Å². The normalized spacial score (nSPS) is 19.5. The highest BCUT2D eigenvalue weighted by Gasteiger charge is 2.48. The van der Waals surface area contributed by atoms with E-state index in [-0.39, 0.29) is 17.9 Å². The first-order valence-electron chi connectivity index (χ1n) is 7.56. The van der Waals surface area contributed by atoms with Crippen LogP contribution in [0.25, 0.3) is 0 Å². The zero-order chi connectivity index (χ0) is 18.8. The molecular formula is C16H20NO7P. The van der Waals surface area contributed by atoms with Crippen molar-refractivity contribution in [3.63, 3.8) is 0 Å². The number of hydrogen-bond acceptors (Lipinski definition) is 5. The Balaban J connectivity index is 2.44. The molecular weight excluding hydrogens is 349 g/mol. The van der Waals surface area contributed by atoms with Gasteiger partial charge < -0.3 is 25.1 Å². The van der Waals surface area contributed by atoms with Gasteiger partial charge >= 0.3 is 7.75 Å². The molecule has 0 heterocycles. The Morgan fingerprint density at radius 1 is 1.24 bits per heavy atom. The largest absolute Gasteiger partial charge is 0.508 e. The van der Waals surface area contributed by atoms with E-state index in [0.29, 0.717) is 5.56 Å². The van der Waals surface area contributed by atoms with Gasteiger partial charge in [0.25, 0.3) is 0 Å². The zero-order valence-electron chi connectivity index (χ0n) is 13.4.